The van der Waals surface area contributed by atoms with E-state index < -0.39 is 5.97 Å². The summed E-state index contributed by atoms with van der Waals surface area (Å²) in [6, 6.07) is 3.67. The first-order chi connectivity index (χ1) is 8.52. The van der Waals surface area contributed by atoms with Gasteiger partial charge in [-0.15, -0.1) is 0 Å². The van der Waals surface area contributed by atoms with Crippen molar-refractivity contribution >= 4 is 22.6 Å². The maximum Gasteiger partial charge on any atom is 0.340 e. The molecule has 2 N–H and O–H groups in total. The lowest BCUT2D eigenvalue weighted by molar-refractivity contribution is 0.0602. The van der Waals surface area contributed by atoms with E-state index in [0.29, 0.717) is 22.4 Å². The van der Waals surface area contributed by atoms with E-state index in [-0.39, 0.29) is 0 Å². The number of esters is 1. The zero-order chi connectivity index (χ0) is 13.4. The van der Waals surface area contributed by atoms with Crippen molar-refractivity contribution < 1.29 is 14.3 Å². The van der Waals surface area contributed by atoms with Crippen LogP contribution in [0.4, 0.5) is 5.69 Å². The topological polar surface area (TPSA) is 66.5 Å². The highest BCUT2D eigenvalue weighted by Gasteiger charge is 2.22. The molecule has 96 valence electrons. The van der Waals surface area contributed by atoms with Gasteiger partial charge in [-0.25, -0.2) is 4.79 Å². The number of fused-ring (bicyclic) bond motifs is 1. The van der Waals surface area contributed by atoms with Gasteiger partial charge in [-0.1, -0.05) is 0 Å². The number of hydrogen-bond acceptors (Lipinski definition) is 4. The summed E-state index contributed by atoms with van der Waals surface area (Å²) >= 11 is 0. The Morgan fingerprint density at radius 1 is 1.33 bits per heavy atom. The minimum Gasteiger partial charge on any atom is -0.495 e. The minimum atomic E-state index is -0.391. The molecule has 2 rings (SSSR count). The monoisotopic (exact) mass is 248 g/mol. The Morgan fingerprint density at radius 3 is 2.56 bits per heavy atom. The number of aromatic nitrogens is 1. The average molecular weight is 248 g/mol. The third-order valence-electron chi connectivity index (χ3n) is 3.27. The highest BCUT2D eigenvalue weighted by molar-refractivity contribution is 6.11. The smallest absolute Gasteiger partial charge is 0.340 e. The highest BCUT2D eigenvalue weighted by atomic mass is 16.5. The lowest BCUT2D eigenvalue weighted by Gasteiger charge is -2.06. The molecule has 0 radical (unpaired) electrons. The van der Waals surface area contributed by atoms with Gasteiger partial charge in [0.25, 0.3) is 0 Å². The largest absolute Gasteiger partial charge is 0.495 e. The molecular formula is C13H16N2O3. The number of hydrogen-bond donors (Lipinski definition) is 1. The quantitative estimate of drug-likeness (QED) is 0.650. The van der Waals surface area contributed by atoms with Gasteiger partial charge in [-0.3, -0.25) is 0 Å². The summed E-state index contributed by atoms with van der Waals surface area (Å²) in [5.41, 5.74) is 8.71. The van der Waals surface area contributed by atoms with Crippen molar-refractivity contribution in [1.82, 2.24) is 4.57 Å². The standard InChI is InChI=1S/C13H16N2O3/c1-7-10(13(16)18-4)11-8(15(7)2)5-6-9(17-3)12(11)14/h5-6H,14H2,1-4H3. The van der Waals surface area contributed by atoms with Gasteiger partial charge in [0.05, 0.1) is 31.0 Å². The zero-order valence-electron chi connectivity index (χ0n) is 10.9. The molecule has 0 unspecified atom stereocenters. The Hall–Kier alpha value is -2.17. The summed E-state index contributed by atoms with van der Waals surface area (Å²) in [5, 5.41) is 0.682. The molecule has 1 aromatic carbocycles. The third-order valence-corrected chi connectivity index (χ3v) is 3.27. The molecule has 0 atom stereocenters. The number of nitrogen functional groups attached to an aromatic ring is 1. The number of benzene rings is 1. The predicted molar refractivity (Wildman–Crippen MR) is 70.0 cm³/mol. The van der Waals surface area contributed by atoms with Crippen molar-refractivity contribution in [3.8, 4) is 5.75 Å². The van der Waals surface area contributed by atoms with E-state index in [9.17, 15) is 4.79 Å². The Balaban J connectivity index is 2.92. The summed E-state index contributed by atoms with van der Waals surface area (Å²) in [6.45, 7) is 1.86. The molecule has 1 heterocycles. The van der Waals surface area contributed by atoms with Gasteiger partial charge in [-0.2, -0.15) is 0 Å². The van der Waals surface area contributed by atoms with Crippen molar-refractivity contribution in [2.24, 2.45) is 7.05 Å². The van der Waals surface area contributed by atoms with Crippen LogP contribution in [-0.2, 0) is 11.8 Å². The fourth-order valence-corrected chi connectivity index (χ4v) is 2.19. The first-order valence-electron chi connectivity index (χ1n) is 5.52. The maximum atomic E-state index is 11.9. The van der Waals surface area contributed by atoms with Crippen LogP contribution in [0.15, 0.2) is 12.1 Å². The molecule has 5 nitrogen and oxygen atoms in total. The van der Waals surface area contributed by atoms with Crippen LogP contribution in [0.5, 0.6) is 5.75 Å². The number of carbonyl (C=O) groups is 1. The van der Waals surface area contributed by atoms with Gasteiger partial charge in [0.15, 0.2) is 0 Å². The van der Waals surface area contributed by atoms with Gasteiger partial charge in [0.2, 0.25) is 0 Å². The van der Waals surface area contributed by atoms with Crippen LogP contribution < -0.4 is 10.5 Å². The number of rotatable bonds is 2. The third kappa shape index (κ3) is 1.51. The van der Waals surface area contributed by atoms with E-state index in [0.717, 1.165) is 11.2 Å². The van der Waals surface area contributed by atoms with Crippen molar-refractivity contribution in [1.29, 1.82) is 0 Å². The van der Waals surface area contributed by atoms with Crippen molar-refractivity contribution in [2.75, 3.05) is 20.0 Å². The number of nitrogens with zero attached hydrogens (tertiary/aromatic N) is 1. The molecule has 0 aliphatic rings. The number of ether oxygens (including phenoxy) is 2. The molecule has 0 bridgehead atoms. The van der Waals surface area contributed by atoms with Gasteiger partial charge >= 0.3 is 5.97 Å². The van der Waals surface area contributed by atoms with Crippen LogP contribution in [0, 0.1) is 6.92 Å². The molecule has 0 fully saturated rings. The molecule has 0 aliphatic heterocycles. The van der Waals surface area contributed by atoms with Crippen LogP contribution in [0.3, 0.4) is 0 Å². The lowest BCUT2D eigenvalue weighted by atomic mass is 10.1. The molecule has 5 heteroatoms. The molecule has 1 aromatic heterocycles. The first kappa shape index (κ1) is 12.3. The molecule has 0 spiro atoms. The number of nitrogens with two attached hydrogens (primary N) is 1. The second kappa shape index (κ2) is 4.25. The van der Waals surface area contributed by atoms with Crippen LogP contribution in [0.2, 0.25) is 0 Å². The summed E-state index contributed by atoms with van der Waals surface area (Å²) in [6.07, 6.45) is 0. The van der Waals surface area contributed by atoms with E-state index in [1.54, 1.807) is 13.2 Å². The van der Waals surface area contributed by atoms with Crippen molar-refractivity contribution in [3.63, 3.8) is 0 Å². The highest BCUT2D eigenvalue weighted by Crippen LogP contribution is 2.36. The Labute approximate surface area is 105 Å². The molecular weight excluding hydrogens is 232 g/mol. The average Bonchev–Trinajstić information content (AvgIpc) is 2.63. The van der Waals surface area contributed by atoms with Gasteiger partial charge in [-0.05, 0) is 19.1 Å². The van der Waals surface area contributed by atoms with Gasteiger partial charge < -0.3 is 19.8 Å². The summed E-state index contributed by atoms with van der Waals surface area (Å²) in [7, 11) is 4.79. The number of anilines is 1. The van der Waals surface area contributed by atoms with Crippen molar-refractivity contribution in [3.05, 3.63) is 23.4 Å². The summed E-state index contributed by atoms with van der Waals surface area (Å²) in [4.78, 5) is 11.9. The predicted octanol–water partition coefficient (Wildman–Crippen LogP) is 1.86. The SMILES string of the molecule is COC(=O)c1c(C)n(C)c2ccc(OC)c(N)c12. The van der Waals surface area contributed by atoms with Crippen LogP contribution in [-0.4, -0.2) is 24.8 Å². The number of aryl methyl sites for hydroxylation is 1. The van der Waals surface area contributed by atoms with Crippen LogP contribution in [0.1, 0.15) is 16.1 Å². The van der Waals surface area contributed by atoms with E-state index in [4.69, 9.17) is 15.2 Å². The molecule has 0 saturated carbocycles. The summed E-state index contributed by atoms with van der Waals surface area (Å²) in [5.74, 6) is 0.163. The van der Waals surface area contributed by atoms with E-state index in [1.165, 1.54) is 7.11 Å². The van der Waals surface area contributed by atoms with E-state index in [1.807, 2.05) is 24.6 Å². The number of methoxy groups -OCH3 is 2. The van der Waals surface area contributed by atoms with E-state index >= 15 is 0 Å². The number of carbonyl (C=O) groups excluding carboxylic acids is 1. The molecule has 0 saturated heterocycles. The van der Waals surface area contributed by atoms with Crippen LogP contribution >= 0.6 is 0 Å². The fourth-order valence-electron chi connectivity index (χ4n) is 2.19. The minimum absolute atomic E-state index is 0.391. The lowest BCUT2D eigenvalue weighted by Crippen LogP contribution is -2.04. The molecule has 2 aromatic rings. The second-order valence-corrected chi connectivity index (χ2v) is 4.09. The van der Waals surface area contributed by atoms with E-state index in [2.05, 4.69) is 0 Å². The van der Waals surface area contributed by atoms with Gasteiger partial charge in [0, 0.05) is 18.1 Å². The zero-order valence-corrected chi connectivity index (χ0v) is 10.9. The Morgan fingerprint density at radius 2 is 2.00 bits per heavy atom. The normalized spacial score (nSPS) is 10.7. The van der Waals surface area contributed by atoms with Crippen LogP contribution in [0.25, 0.3) is 10.9 Å². The Kier molecular flexibility index (Phi) is 2.90. The first-order valence-corrected chi connectivity index (χ1v) is 5.52. The molecule has 0 aliphatic carbocycles. The Bertz CT molecular complexity index is 629. The van der Waals surface area contributed by atoms with Gasteiger partial charge in [0.1, 0.15) is 5.75 Å². The fraction of sp³-hybridized carbons (Fsp3) is 0.308. The molecule has 0 amide bonds. The maximum absolute atomic E-state index is 11.9. The summed E-state index contributed by atoms with van der Waals surface area (Å²) < 4.78 is 11.9. The second-order valence-electron chi connectivity index (χ2n) is 4.09. The molecule has 18 heavy (non-hydrogen) atoms. The van der Waals surface area contributed by atoms with Crippen molar-refractivity contribution in [2.45, 2.75) is 6.92 Å².